The van der Waals surface area contributed by atoms with Crippen LogP contribution in [-0.2, 0) is 0 Å². The van der Waals surface area contributed by atoms with Gasteiger partial charge >= 0.3 is 5.69 Å². The molecule has 0 aromatic heterocycles. The van der Waals surface area contributed by atoms with Crippen molar-refractivity contribution in [3.8, 4) is 5.75 Å². The third-order valence-electron chi connectivity index (χ3n) is 6.25. The minimum atomic E-state index is -0.322. The third-order valence-corrected chi connectivity index (χ3v) is 6.25. The second kappa shape index (κ2) is 7.43. The number of anilines is 1. The number of nitro benzene ring substituents is 1. The lowest BCUT2D eigenvalue weighted by Gasteiger charge is -2.41. The Hall–Kier alpha value is -1.82. The van der Waals surface area contributed by atoms with Crippen LogP contribution in [0.3, 0.4) is 0 Å². The van der Waals surface area contributed by atoms with Gasteiger partial charge in [-0.15, -0.1) is 0 Å². The number of piperidine rings is 2. The Morgan fingerprint density at radius 1 is 1.04 bits per heavy atom. The Balaban J connectivity index is 1.53. The number of nitro groups is 1. The van der Waals surface area contributed by atoms with Crippen LogP contribution in [0.4, 0.5) is 11.4 Å². The number of hydrogen-bond donors (Lipinski definition) is 0. The summed E-state index contributed by atoms with van der Waals surface area (Å²) >= 11 is 0. The quantitative estimate of drug-likeness (QED) is 0.589. The Morgan fingerprint density at radius 2 is 1.73 bits per heavy atom. The Morgan fingerprint density at radius 3 is 2.31 bits per heavy atom. The molecule has 26 heavy (non-hydrogen) atoms. The molecule has 6 nitrogen and oxygen atoms in total. The van der Waals surface area contributed by atoms with E-state index in [1.807, 2.05) is 6.07 Å². The van der Waals surface area contributed by atoms with Crippen LogP contribution in [0, 0.1) is 10.1 Å². The van der Waals surface area contributed by atoms with E-state index in [2.05, 4.69) is 9.80 Å². The van der Waals surface area contributed by atoms with Gasteiger partial charge in [-0.1, -0.05) is 6.42 Å². The van der Waals surface area contributed by atoms with Crippen molar-refractivity contribution in [1.82, 2.24) is 4.90 Å². The smallest absolute Gasteiger partial charge is 0.311 e. The van der Waals surface area contributed by atoms with Crippen LogP contribution in [0.5, 0.6) is 5.75 Å². The minimum absolute atomic E-state index is 0.0985. The van der Waals surface area contributed by atoms with Crippen LogP contribution in [-0.4, -0.2) is 49.2 Å². The van der Waals surface area contributed by atoms with E-state index in [9.17, 15) is 10.1 Å². The van der Waals surface area contributed by atoms with Gasteiger partial charge in [0.15, 0.2) is 5.75 Å². The highest BCUT2D eigenvalue weighted by Crippen LogP contribution is 2.48. The number of methoxy groups -OCH3 is 1. The predicted octanol–water partition coefficient (Wildman–Crippen LogP) is 3.94. The number of ether oxygens (including phenoxy) is 1. The van der Waals surface area contributed by atoms with Crippen LogP contribution < -0.4 is 9.64 Å². The zero-order valence-electron chi connectivity index (χ0n) is 15.7. The molecule has 0 atom stereocenters. The van der Waals surface area contributed by atoms with E-state index in [0.29, 0.717) is 17.7 Å². The summed E-state index contributed by atoms with van der Waals surface area (Å²) in [4.78, 5) is 16.2. The summed E-state index contributed by atoms with van der Waals surface area (Å²) in [5, 5.41) is 11.4. The largest absolute Gasteiger partial charge is 0.490 e. The van der Waals surface area contributed by atoms with Crippen molar-refractivity contribution in [2.75, 3.05) is 38.2 Å². The van der Waals surface area contributed by atoms with Gasteiger partial charge in [-0.2, -0.15) is 0 Å². The number of likely N-dealkylation sites (tertiary alicyclic amines) is 1. The molecule has 4 rings (SSSR count). The van der Waals surface area contributed by atoms with Crippen LogP contribution in [0.25, 0.3) is 0 Å². The van der Waals surface area contributed by atoms with Crippen LogP contribution in [0.2, 0.25) is 0 Å². The molecular weight excluding hydrogens is 330 g/mol. The highest BCUT2D eigenvalue weighted by atomic mass is 16.6. The predicted molar refractivity (Wildman–Crippen MR) is 102 cm³/mol. The maximum absolute atomic E-state index is 11.4. The lowest BCUT2D eigenvalue weighted by Crippen LogP contribution is -2.46. The van der Waals surface area contributed by atoms with Gasteiger partial charge in [0, 0.05) is 37.0 Å². The van der Waals surface area contributed by atoms with E-state index in [1.54, 1.807) is 6.07 Å². The summed E-state index contributed by atoms with van der Waals surface area (Å²) in [6.07, 6.45) is 8.70. The Kier molecular flexibility index (Phi) is 5.02. The molecular formula is C20H29N3O3. The van der Waals surface area contributed by atoms with Gasteiger partial charge in [0.05, 0.1) is 12.0 Å². The first-order chi connectivity index (χ1) is 12.7. The second-order valence-electron chi connectivity index (χ2n) is 7.93. The lowest BCUT2D eigenvalue weighted by atomic mass is 9.97. The Labute approximate surface area is 155 Å². The van der Waals surface area contributed by atoms with E-state index in [1.165, 1.54) is 52.3 Å². The maximum atomic E-state index is 11.4. The van der Waals surface area contributed by atoms with Crippen LogP contribution in [0.15, 0.2) is 12.1 Å². The third kappa shape index (κ3) is 3.52. The van der Waals surface area contributed by atoms with Crippen molar-refractivity contribution in [2.45, 2.75) is 56.9 Å². The minimum Gasteiger partial charge on any atom is -0.490 e. The topological polar surface area (TPSA) is 58.8 Å². The van der Waals surface area contributed by atoms with Gasteiger partial charge in [0.25, 0.3) is 0 Å². The van der Waals surface area contributed by atoms with Crippen molar-refractivity contribution in [3.63, 3.8) is 0 Å². The average molecular weight is 359 g/mol. The molecule has 2 aliphatic heterocycles. The fraction of sp³-hybridized carbons (Fsp3) is 0.700. The molecule has 2 heterocycles. The Bertz CT molecular complexity index is 661. The number of hydrogen-bond acceptors (Lipinski definition) is 5. The summed E-state index contributed by atoms with van der Waals surface area (Å²) < 4.78 is 5.33. The molecule has 6 heteroatoms. The molecule has 1 aromatic rings. The number of benzene rings is 1. The summed E-state index contributed by atoms with van der Waals surface area (Å²) in [6, 6.07) is 4.38. The van der Waals surface area contributed by atoms with E-state index in [0.717, 1.165) is 37.2 Å². The van der Waals surface area contributed by atoms with Gasteiger partial charge in [0.2, 0.25) is 0 Å². The first kappa shape index (κ1) is 17.6. The molecule has 1 saturated carbocycles. The normalized spacial score (nSPS) is 22.4. The number of nitrogens with zero attached hydrogens (tertiary/aromatic N) is 3. The second-order valence-corrected chi connectivity index (χ2v) is 7.93. The average Bonchev–Trinajstić information content (AvgIpc) is 3.53. The highest BCUT2D eigenvalue weighted by molar-refractivity contribution is 5.66. The molecule has 0 N–H and O–H groups in total. The van der Waals surface area contributed by atoms with Crippen LogP contribution >= 0.6 is 0 Å². The van der Waals surface area contributed by atoms with Gasteiger partial charge in [-0.05, 0) is 63.1 Å². The molecule has 3 aliphatic rings. The number of rotatable bonds is 5. The van der Waals surface area contributed by atoms with Crippen molar-refractivity contribution < 1.29 is 9.66 Å². The fourth-order valence-electron chi connectivity index (χ4n) is 4.63. The first-order valence-electron chi connectivity index (χ1n) is 10.0. The van der Waals surface area contributed by atoms with Crippen molar-refractivity contribution in [3.05, 3.63) is 27.8 Å². The molecule has 142 valence electrons. The van der Waals surface area contributed by atoms with Gasteiger partial charge in [0.1, 0.15) is 0 Å². The molecule has 0 unspecified atom stereocenters. The molecule has 3 fully saturated rings. The van der Waals surface area contributed by atoms with E-state index >= 15 is 0 Å². The van der Waals surface area contributed by atoms with Gasteiger partial charge < -0.3 is 14.5 Å². The summed E-state index contributed by atoms with van der Waals surface area (Å²) in [7, 11) is 1.52. The molecule has 0 spiro atoms. The standard InChI is InChI=1S/C20H29N3O3/c1-26-20-14-18(17(15-5-6-15)13-19(20)23(24)25)22-11-7-16(8-12-22)21-9-3-2-4-10-21/h13-16H,2-12H2,1H3. The van der Waals surface area contributed by atoms with Crippen LogP contribution in [0.1, 0.15) is 56.4 Å². The van der Waals surface area contributed by atoms with Gasteiger partial charge in [-0.25, -0.2) is 0 Å². The van der Waals surface area contributed by atoms with Gasteiger partial charge in [-0.3, -0.25) is 10.1 Å². The SMILES string of the molecule is COc1cc(N2CCC(N3CCCCC3)CC2)c(C2CC2)cc1[N+](=O)[O-]. The summed E-state index contributed by atoms with van der Waals surface area (Å²) in [6.45, 7) is 4.57. The van der Waals surface area contributed by atoms with E-state index < -0.39 is 0 Å². The zero-order valence-corrected chi connectivity index (χ0v) is 15.7. The monoisotopic (exact) mass is 359 g/mol. The van der Waals surface area contributed by atoms with Crippen molar-refractivity contribution >= 4 is 11.4 Å². The molecule has 2 saturated heterocycles. The molecule has 1 aliphatic carbocycles. The summed E-state index contributed by atoms with van der Waals surface area (Å²) in [5.74, 6) is 0.863. The fourth-order valence-corrected chi connectivity index (χ4v) is 4.63. The molecule has 0 bridgehead atoms. The molecule has 0 amide bonds. The lowest BCUT2D eigenvalue weighted by molar-refractivity contribution is -0.385. The van der Waals surface area contributed by atoms with Crippen molar-refractivity contribution in [2.24, 2.45) is 0 Å². The highest BCUT2D eigenvalue weighted by Gasteiger charge is 2.33. The maximum Gasteiger partial charge on any atom is 0.311 e. The zero-order chi connectivity index (χ0) is 18.1. The summed E-state index contributed by atoms with van der Waals surface area (Å²) in [5.41, 5.74) is 2.40. The van der Waals surface area contributed by atoms with Crippen molar-refractivity contribution in [1.29, 1.82) is 0 Å². The molecule has 1 aromatic carbocycles. The van der Waals surface area contributed by atoms with E-state index in [-0.39, 0.29) is 10.6 Å². The first-order valence-corrected chi connectivity index (χ1v) is 10.0. The van der Waals surface area contributed by atoms with E-state index in [4.69, 9.17) is 4.74 Å². The molecule has 0 radical (unpaired) electrons.